The van der Waals surface area contributed by atoms with E-state index in [4.69, 9.17) is 11.6 Å². The Morgan fingerprint density at radius 1 is 1.40 bits per heavy atom. The molecule has 0 radical (unpaired) electrons. The van der Waals surface area contributed by atoms with Gasteiger partial charge in [0, 0.05) is 18.7 Å². The number of benzene rings is 1. The molecule has 15 heavy (non-hydrogen) atoms. The number of aldehydes is 1. The van der Waals surface area contributed by atoms with Crippen LogP contribution in [0.25, 0.3) is 0 Å². The molecule has 0 heterocycles. The quantitative estimate of drug-likeness (QED) is 0.716. The fourth-order valence-electron chi connectivity index (χ4n) is 1.66. The van der Waals surface area contributed by atoms with E-state index in [0.29, 0.717) is 10.6 Å². The lowest BCUT2D eigenvalue weighted by molar-refractivity contribution is 0.112. The maximum atomic E-state index is 10.9. The lowest BCUT2D eigenvalue weighted by Gasteiger charge is -2.24. The van der Waals surface area contributed by atoms with E-state index in [1.807, 2.05) is 6.07 Å². The zero-order valence-electron chi connectivity index (χ0n) is 9.16. The van der Waals surface area contributed by atoms with Crippen LogP contribution >= 0.6 is 11.6 Å². The first-order valence-corrected chi connectivity index (χ1v) is 5.61. The summed E-state index contributed by atoms with van der Waals surface area (Å²) in [6, 6.07) is 5.42. The molecule has 0 atom stereocenters. The van der Waals surface area contributed by atoms with Crippen molar-refractivity contribution < 1.29 is 4.79 Å². The number of halogens is 1. The van der Waals surface area contributed by atoms with Crippen LogP contribution in [0.4, 0.5) is 5.69 Å². The molecule has 0 spiro atoms. The summed E-state index contributed by atoms with van der Waals surface area (Å²) in [6.45, 7) is 5.95. The van der Waals surface area contributed by atoms with E-state index in [2.05, 4.69) is 18.7 Å². The van der Waals surface area contributed by atoms with Gasteiger partial charge >= 0.3 is 0 Å². The van der Waals surface area contributed by atoms with E-state index in [9.17, 15) is 4.79 Å². The second-order valence-electron chi connectivity index (χ2n) is 3.38. The summed E-state index contributed by atoms with van der Waals surface area (Å²) in [5.74, 6) is 0. The Bertz CT molecular complexity index is 338. The van der Waals surface area contributed by atoms with Crippen molar-refractivity contribution >= 4 is 23.6 Å². The standard InChI is InChI=1S/C12H16ClNO/c1-3-8-14(4-2)12-10(9-15)6-5-7-11(12)13/h5-7,9H,3-4,8H2,1-2H3. The molecule has 82 valence electrons. The number of anilines is 1. The van der Waals surface area contributed by atoms with E-state index in [0.717, 1.165) is 31.5 Å². The summed E-state index contributed by atoms with van der Waals surface area (Å²) in [6.07, 6.45) is 1.90. The molecule has 0 saturated heterocycles. The van der Waals surface area contributed by atoms with E-state index in [1.54, 1.807) is 12.1 Å². The molecule has 0 aromatic heterocycles. The summed E-state index contributed by atoms with van der Waals surface area (Å²) in [5.41, 5.74) is 1.52. The van der Waals surface area contributed by atoms with Crippen molar-refractivity contribution in [2.75, 3.05) is 18.0 Å². The van der Waals surface area contributed by atoms with Gasteiger partial charge in [0.15, 0.2) is 6.29 Å². The topological polar surface area (TPSA) is 20.3 Å². The fraction of sp³-hybridized carbons (Fsp3) is 0.417. The lowest BCUT2D eigenvalue weighted by atomic mass is 10.1. The van der Waals surface area contributed by atoms with Gasteiger partial charge in [0.05, 0.1) is 10.7 Å². The number of carbonyl (C=O) groups is 1. The highest BCUT2D eigenvalue weighted by Gasteiger charge is 2.12. The molecule has 0 fully saturated rings. The molecular formula is C12H16ClNO. The Kier molecular flexibility index (Phi) is 4.63. The molecule has 0 aliphatic rings. The Morgan fingerprint density at radius 2 is 2.13 bits per heavy atom. The van der Waals surface area contributed by atoms with Gasteiger partial charge in [-0.1, -0.05) is 24.6 Å². The number of rotatable bonds is 5. The average Bonchev–Trinajstić information content (AvgIpc) is 2.26. The van der Waals surface area contributed by atoms with Gasteiger partial charge in [0.2, 0.25) is 0 Å². The van der Waals surface area contributed by atoms with Crippen LogP contribution in [0.2, 0.25) is 5.02 Å². The van der Waals surface area contributed by atoms with Crippen LogP contribution in [0.3, 0.4) is 0 Å². The van der Waals surface area contributed by atoms with Crippen LogP contribution < -0.4 is 4.90 Å². The highest BCUT2D eigenvalue weighted by Crippen LogP contribution is 2.28. The number of hydrogen-bond donors (Lipinski definition) is 0. The zero-order chi connectivity index (χ0) is 11.3. The summed E-state index contributed by atoms with van der Waals surface area (Å²) < 4.78 is 0. The first-order valence-electron chi connectivity index (χ1n) is 5.23. The second-order valence-corrected chi connectivity index (χ2v) is 3.78. The number of carbonyl (C=O) groups excluding carboxylic acids is 1. The monoisotopic (exact) mass is 225 g/mol. The summed E-state index contributed by atoms with van der Waals surface area (Å²) in [4.78, 5) is 13.0. The summed E-state index contributed by atoms with van der Waals surface area (Å²) in [5, 5.41) is 0.648. The minimum Gasteiger partial charge on any atom is -0.370 e. The normalized spacial score (nSPS) is 10.1. The predicted molar refractivity (Wildman–Crippen MR) is 65.0 cm³/mol. The number of hydrogen-bond acceptors (Lipinski definition) is 2. The molecule has 3 heteroatoms. The third kappa shape index (κ3) is 2.72. The van der Waals surface area contributed by atoms with Crippen LogP contribution in [-0.2, 0) is 0 Å². The molecule has 2 nitrogen and oxygen atoms in total. The minimum atomic E-state index is 0.648. The molecule has 1 aromatic carbocycles. The molecule has 0 amide bonds. The predicted octanol–water partition coefficient (Wildman–Crippen LogP) is 3.39. The molecule has 0 saturated carbocycles. The van der Waals surface area contributed by atoms with Gasteiger partial charge in [-0.3, -0.25) is 4.79 Å². The van der Waals surface area contributed by atoms with E-state index in [-0.39, 0.29) is 0 Å². The maximum absolute atomic E-state index is 10.9. The van der Waals surface area contributed by atoms with Crippen molar-refractivity contribution in [2.24, 2.45) is 0 Å². The van der Waals surface area contributed by atoms with Gasteiger partial charge in [0.1, 0.15) is 0 Å². The number of nitrogens with zero attached hydrogens (tertiary/aromatic N) is 1. The molecule has 1 aromatic rings. The van der Waals surface area contributed by atoms with Crippen molar-refractivity contribution in [2.45, 2.75) is 20.3 Å². The largest absolute Gasteiger partial charge is 0.370 e. The average molecular weight is 226 g/mol. The van der Waals surface area contributed by atoms with Crippen LogP contribution in [0.15, 0.2) is 18.2 Å². The minimum absolute atomic E-state index is 0.648. The van der Waals surface area contributed by atoms with E-state index < -0.39 is 0 Å². The van der Waals surface area contributed by atoms with Crippen LogP contribution in [0.5, 0.6) is 0 Å². The maximum Gasteiger partial charge on any atom is 0.152 e. The Labute approximate surface area is 95.8 Å². The smallest absolute Gasteiger partial charge is 0.152 e. The molecule has 1 rings (SSSR count). The SMILES string of the molecule is CCCN(CC)c1c(Cl)cccc1C=O. The Morgan fingerprint density at radius 3 is 2.67 bits per heavy atom. The molecule has 0 aliphatic carbocycles. The molecule has 0 N–H and O–H groups in total. The molecular weight excluding hydrogens is 210 g/mol. The van der Waals surface area contributed by atoms with Crippen molar-refractivity contribution in [3.63, 3.8) is 0 Å². The third-order valence-electron chi connectivity index (χ3n) is 2.34. The third-order valence-corrected chi connectivity index (χ3v) is 2.64. The van der Waals surface area contributed by atoms with Gasteiger partial charge in [0.25, 0.3) is 0 Å². The Balaban J connectivity index is 3.13. The Hall–Kier alpha value is -1.02. The first-order chi connectivity index (χ1) is 7.24. The second kappa shape index (κ2) is 5.76. The highest BCUT2D eigenvalue weighted by molar-refractivity contribution is 6.33. The van der Waals surface area contributed by atoms with Crippen molar-refractivity contribution in [1.82, 2.24) is 0 Å². The van der Waals surface area contributed by atoms with Crippen LogP contribution in [0, 0.1) is 0 Å². The van der Waals surface area contributed by atoms with Gasteiger partial charge in [-0.2, -0.15) is 0 Å². The fourth-order valence-corrected chi connectivity index (χ4v) is 1.96. The van der Waals surface area contributed by atoms with Gasteiger partial charge < -0.3 is 4.90 Å². The van der Waals surface area contributed by atoms with E-state index in [1.165, 1.54) is 0 Å². The lowest BCUT2D eigenvalue weighted by Crippen LogP contribution is -2.24. The molecule has 0 unspecified atom stereocenters. The summed E-state index contributed by atoms with van der Waals surface area (Å²) >= 11 is 6.12. The van der Waals surface area contributed by atoms with Crippen molar-refractivity contribution in [3.8, 4) is 0 Å². The van der Waals surface area contributed by atoms with Gasteiger partial charge in [-0.05, 0) is 25.5 Å². The molecule has 0 bridgehead atoms. The number of para-hydroxylation sites is 1. The van der Waals surface area contributed by atoms with Crippen molar-refractivity contribution in [1.29, 1.82) is 0 Å². The van der Waals surface area contributed by atoms with Gasteiger partial charge in [-0.15, -0.1) is 0 Å². The van der Waals surface area contributed by atoms with Crippen molar-refractivity contribution in [3.05, 3.63) is 28.8 Å². The van der Waals surface area contributed by atoms with E-state index >= 15 is 0 Å². The van der Waals surface area contributed by atoms with Crippen LogP contribution in [0.1, 0.15) is 30.6 Å². The summed E-state index contributed by atoms with van der Waals surface area (Å²) in [7, 11) is 0. The molecule has 0 aliphatic heterocycles. The first kappa shape index (κ1) is 12.1. The van der Waals surface area contributed by atoms with Crippen LogP contribution in [-0.4, -0.2) is 19.4 Å². The zero-order valence-corrected chi connectivity index (χ0v) is 9.92. The van der Waals surface area contributed by atoms with Gasteiger partial charge in [-0.25, -0.2) is 0 Å². The highest BCUT2D eigenvalue weighted by atomic mass is 35.5.